The molecule has 0 heterocycles. The maximum Gasteiger partial charge on any atom is 0.0577 e. The van der Waals surface area contributed by atoms with E-state index in [2.05, 4.69) is 78.4 Å². The van der Waals surface area contributed by atoms with Crippen LogP contribution in [-0.4, -0.2) is 6.54 Å². The Morgan fingerprint density at radius 2 is 1.57 bits per heavy atom. The fourth-order valence-corrected chi connectivity index (χ4v) is 2.91. The Morgan fingerprint density at radius 3 is 2.10 bits per heavy atom. The third-order valence-corrected chi connectivity index (χ3v) is 4.84. The van der Waals surface area contributed by atoms with E-state index in [-0.39, 0.29) is 6.04 Å². The predicted molar refractivity (Wildman–Crippen MR) is 95.2 cm³/mol. The minimum atomic E-state index is 0.185. The van der Waals surface area contributed by atoms with E-state index in [1.54, 1.807) is 0 Å². The zero-order valence-corrected chi connectivity index (χ0v) is 15.0. The van der Waals surface area contributed by atoms with Crippen LogP contribution in [0.25, 0.3) is 0 Å². The van der Waals surface area contributed by atoms with E-state index in [1.165, 1.54) is 16.7 Å². The second kappa shape index (κ2) is 7.44. The Kier molecular flexibility index (Phi) is 5.86. The van der Waals surface area contributed by atoms with Crippen molar-refractivity contribution in [3.05, 3.63) is 68.7 Å². The van der Waals surface area contributed by atoms with Gasteiger partial charge in [-0.15, -0.1) is 0 Å². The van der Waals surface area contributed by atoms with Crippen LogP contribution < -0.4 is 5.32 Å². The fourth-order valence-electron chi connectivity index (χ4n) is 2.40. The molecule has 0 radical (unpaired) electrons. The number of nitrogens with one attached hydrogen (secondary N) is 1. The quantitative estimate of drug-likeness (QED) is 0.692. The van der Waals surface area contributed by atoms with E-state index in [1.807, 2.05) is 6.07 Å². The molecule has 1 nitrogen and oxygen atoms in total. The van der Waals surface area contributed by atoms with Crippen molar-refractivity contribution in [3.63, 3.8) is 0 Å². The summed E-state index contributed by atoms with van der Waals surface area (Å²) in [5, 5.41) is 4.29. The Bertz CT molecular complexity index is 593. The monoisotopic (exact) mass is 365 g/mol. The lowest BCUT2D eigenvalue weighted by Crippen LogP contribution is -2.22. The number of hydrogen-bond acceptors (Lipinski definition) is 1. The van der Waals surface area contributed by atoms with Crippen LogP contribution in [0.4, 0.5) is 0 Å². The Morgan fingerprint density at radius 1 is 1.00 bits per heavy atom. The molecule has 21 heavy (non-hydrogen) atoms. The summed E-state index contributed by atoms with van der Waals surface area (Å²) in [5.41, 5.74) is 3.85. The maximum atomic E-state index is 6.10. The molecular weight excluding hydrogens is 346 g/mol. The van der Waals surface area contributed by atoms with Crippen LogP contribution in [-0.2, 0) is 0 Å². The highest BCUT2D eigenvalue weighted by Crippen LogP contribution is 2.29. The number of halogens is 2. The van der Waals surface area contributed by atoms with E-state index in [4.69, 9.17) is 11.6 Å². The molecule has 2 rings (SSSR count). The summed E-state index contributed by atoms with van der Waals surface area (Å²) in [6.45, 7) is 7.47. The van der Waals surface area contributed by atoms with E-state index >= 15 is 0 Å². The van der Waals surface area contributed by atoms with Gasteiger partial charge in [0, 0.05) is 4.47 Å². The molecule has 0 spiro atoms. The topological polar surface area (TPSA) is 12.0 Å². The molecule has 0 aliphatic rings. The van der Waals surface area contributed by atoms with Gasteiger partial charge < -0.3 is 5.32 Å². The molecule has 0 aliphatic carbocycles. The number of hydrogen-bond donors (Lipinski definition) is 1. The largest absolute Gasteiger partial charge is 0.307 e. The first-order valence-electron chi connectivity index (χ1n) is 7.31. The number of rotatable bonds is 5. The van der Waals surface area contributed by atoms with Crippen LogP contribution in [0, 0.1) is 0 Å². The Hall–Kier alpha value is -0.830. The molecule has 3 heteroatoms. The van der Waals surface area contributed by atoms with Crippen LogP contribution in [0.1, 0.15) is 49.4 Å². The van der Waals surface area contributed by atoms with Crippen molar-refractivity contribution in [2.45, 2.75) is 32.7 Å². The van der Waals surface area contributed by atoms with Gasteiger partial charge >= 0.3 is 0 Å². The summed E-state index contributed by atoms with van der Waals surface area (Å²) in [5.74, 6) is 0.557. The molecule has 1 N–H and O–H groups in total. The van der Waals surface area contributed by atoms with Crippen molar-refractivity contribution < 1.29 is 0 Å². The maximum absolute atomic E-state index is 6.10. The molecule has 112 valence electrons. The van der Waals surface area contributed by atoms with Gasteiger partial charge in [-0.2, -0.15) is 0 Å². The molecular formula is C18H21BrClN. The first-order valence-corrected chi connectivity index (χ1v) is 8.48. The minimum absolute atomic E-state index is 0.185. The average Bonchev–Trinajstić information content (AvgIpc) is 2.48. The van der Waals surface area contributed by atoms with Crippen LogP contribution in [0.2, 0.25) is 5.02 Å². The zero-order chi connectivity index (χ0) is 15.4. The van der Waals surface area contributed by atoms with Gasteiger partial charge in [-0.1, -0.05) is 62.7 Å². The van der Waals surface area contributed by atoms with Gasteiger partial charge in [0.2, 0.25) is 0 Å². The van der Waals surface area contributed by atoms with E-state index in [9.17, 15) is 0 Å². The van der Waals surface area contributed by atoms with Crippen molar-refractivity contribution in [1.82, 2.24) is 5.32 Å². The zero-order valence-electron chi connectivity index (χ0n) is 12.7. The predicted octanol–water partition coefficient (Wildman–Crippen LogP) is 5.92. The lowest BCUT2D eigenvalue weighted by molar-refractivity contribution is 0.630. The van der Waals surface area contributed by atoms with Gasteiger partial charge in [-0.25, -0.2) is 0 Å². The van der Waals surface area contributed by atoms with Crippen LogP contribution in [0.5, 0.6) is 0 Å². The highest BCUT2D eigenvalue weighted by atomic mass is 79.9. The van der Waals surface area contributed by atoms with E-state index < -0.39 is 0 Å². The van der Waals surface area contributed by atoms with Gasteiger partial charge in [0.1, 0.15) is 0 Å². The lowest BCUT2D eigenvalue weighted by Gasteiger charge is -2.20. The van der Waals surface area contributed by atoms with E-state index in [0.29, 0.717) is 5.92 Å². The molecule has 0 aromatic heterocycles. The van der Waals surface area contributed by atoms with Crippen LogP contribution in [0.15, 0.2) is 46.9 Å². The highest BCUT2D eigenvalue weighted by molar-refractivity contribution is 9.10. The first kappa shape index (κ1) is 16.5. The molecule has 2 aromatic rings. The number of benzene rings is 2. The summed E-state index contributed by atoms with van der Waals surface area (Å²) in [6.07, 6.45) is 0. The van der Waals surface area contributed by atoms with Crippen molar-refractivity contribution >= 4 is 27.5 Å². The Labute approximate surface area is 140 Å². The molecule has 0 bridgehead atoms. The summed E-state index contributed by atoms with van der Waals surface area (Å²) < 4.78 is 0.934. The fraction of sp³-hybridized carbons (Fsp3) is 0.333. The second-order valence-electron chi connectivity index (χ2n) is 5.49. The minimum Gasteiger partial charge on any atom is -0.307 e. The summed E-state index contributed by atoms with van der Waals surface area (Å²) in [6, 6.07) is 15.2. The molecule has 1 atom stereocenters. The van der Waals surface area contributed by atoms with Crippen LogP contribution in [0.3, 0.4) is 0 Å². The molecule has 0 saturated heterocycles. The van der Waals surface area contributed by atoms with E-state index in [0.717, 1.165) is 16.0 Å². The van der Waals surface area contributed by atoms with Crippen molar-refractivity contribution in [2.75, 3.05) is 6.54 Å². The van der Waals surface area contributed by atoms with Crippen molar-refractivity contribution in [2.24, 2.45) is 0 Å². The SMILES string of the molecule is CCNC(c1ccc(C(C)C)cc1)c1ccc(Cl)c(Br)c1. The highest BCUT2D eigenvalue weighted by Gasteiger charge is 2.14. The molecule has 1 unspecified atom stereocenters. The molecule has 0 amide bonds. The second-order valence-corrected chi connectivity index (χ2v) is 6.75. The van der Waals surface area contributed by atoms with Crippen molar-refractivity contribution in [3.8, 4) is 0 Å². The smallest absolute Gasteiger partial charge is 0.0577 e. The normalized spacial score (nSPS) is 12.7. The van der Waals surface area contributed by atoms with Gasteiger partial charge in [0.25, 0.3) is 0 Å². The first-order chi connectivity index (χ1) is 10.0. The molecule has 2 aromatic carbocycles. The van der Waals surface area contributed by atoms with Gasteiger partial charge in [-0.3, -0.25) is 0 Å². The Balaban J connectivity index is 2.35. The van der Waals surface area contributed by atoms with Gasteiger partial charge in [0.15, 0.2) is 0 Å². The van der Waals surface area contributed by atoms with Crippen molar-refractivity contribution in [1.29, 1.82) is 0 Å². The average molecular weight is 367 g/mol. The third-order valence-electron chi connectivity index (χ3n) is 3.62. The van der Waals surface area contributed by atoms with Crippen LogP contribution >= 0.6 is 27.5 Å². The molecule has 0 aliphatic heterocycles. The molecule has 0 saturated carbocycles. The molecule has 0 fully saturated rings. The van der Waals surface area contributed by atoms with Gasteiger partial charge in [-0.05, 0) is 57.2 Å². The summed E-state index contributed by atoms with van der Waals surface area (Å²) in [7, 11) is 0. The standard InChI is InChI=1S/C18H21BrClN/c1-4-21-18(15-9-10-17(20)16(19)11-15)14-7-5-13(6-8-14)12(2)3/h5-12,18,21H,4H2,1-3H3. The van der Waals surface area contributed by atoms with Gasteiger partial charge in [0.05, 0.1) is 11.1 Å². The third kappa shape index (κ3) is 4.09. The summed E-state index contributed by atoms with van der Waals surface area (Å²) in [4.78, 5) is 0. The summed E-state index contributed by atoms with van der Waals surface area (Å²) >= 11 is 9.61. The lowest BCUT2D eigenvalue weighted by atomic mass is 9.95.